The summed E-state index contributed by atoms with van der Waals surface area (Å²) in [5, 5.41) is 31.7. The van der Waals surface area contributed by atoms with E-state index >= 15 is 0 Å². The number of hydrogen-bond donors (Lipinski definition) is 3. The van der Waals surface area contributed by atoms with Crippen LogP contribution in [0.4, 0.5) is 0 Å². The van der Waals surface area contributed by atoms with Crippen LogP contribution < -0.4 is 0 Å². The molecule has 0 aliphatic heterocycles. The Morgan fingerprint density at radius 1 is 1.00 bits per heavy atom. The Morgan fingerprint density at radius 3 is 2.41 bits per heavy atom. The highest BCUT2D eigenvalue weighted by Crippen LogP contribution is 2.76. The summed E-state index contributed by atoms with van der Waals surface area (Å²) in [5.41, 5.74) is -1.89. The van der Waals surface area contributed by atoms with Gasteiger partial charge in [0.1, 0.15) is 0 Å². The fraction of sp³-hybridized carbons (Fsp3) is 1.00. The van der Waals surface area contributed by atoms with Gasteiger partial charge >= 0.3 is 0 Å². The average Bonchev–Trinajstić information content (AvgIpc) is 2.15. The maximum absolute atomic E-state index is 10.8. The molecule has 0 aromatic rings. The molecule has 4 saturated carbocycles. The Morgan fingerprint density at radius 2 is 1.71 bits per heavy atom. The Labute approximate surface area is 102 Å². The molecular weight excluding hydrogens is 216 g/mol. The summed E-state index contributed by atoms with van der Waals surface area (Å²) >= 11 is 0. The van der Waals surface area contributed by atoms with Gasteiger partial charge in [0.25, 0.3) is 0 Å². The van der Waals surface area contributed by atoms with Crippen LogP contribution in [0, 0.1) is 29.6 Å². The van der Waals surface area contributed by atoms with Crippen LogP contribution in [0.5, 0.6) is 0 Å². The quantitative estimate of drug-likeness (QED) is 0.588. The minimum atomic E-state index is -0.722. The topological polar surface area (TPSA) is 60.7 Å². The van der Waals surface area contributed by atoms with Gasteiger partial charge in [-0.1, -0.05) is 6.92 Å². The molecule has 96 valence electrons. The third-order valence-electron chi connectivity index (χ3n) is 6.44. The molecule has 8 atom stereocenters. The highest BCUT2D eigenvalue weighted by Gasteiger charge is 2.80. The van der Waals surface area contributed by atoms with Crippen molar-refractivity contribution in [2.45, 2.75) is 56.3 Å². The zero-order valence-corrected chi connectivity index (χ0v) is 10.6. The second kappa shape index (κ2) is 2.59. The summed E-state index contributed by atoms with van der Waals surface area (Å²) in [6, 6.07) is 0. The van der Waals surface area contributed by atoms with Crippen molar-refractivity contribution in [1.82, 2.24) is 0 Å². The van der Waals surface area contributed by atoms with Crippen molar-refractivity contribution >= 4 is 0 Å². The normalized spacial score (nSPS) is 72.2. The van der Waals surface area contributed by atoms with Gasteiger partial charge in [0.2, 0.25) is 0 Å². The van der Waals surface area contributed by atoms with Crippen molar-refractivity contribution in [2.24, 2.45) is 29.6 Å². The molecular formula is C14H22O3. The van der Waals surface area contributed by atoms with Crippen molar-refractivity contribution in [3.05, 3.63) is 0 Å². The summed E-state index contributed by atoms with van der Waals surface area (Å²) in [7, 11) is 0. The molecule has 0 aromatic heterocycles. The zero-order chi connectivity index (χ0) is 12.2. The fourth-order valence-electron chi connectivity index (χ4n) is 6.06. The molecule has 0 spiro atoms. The molecule has 0 aromatic carbocycles. The highest BCUT2D eigenvalue weighted by molar-refractivity contribution is 5.29. The van der Waals surface area contributed by atoms with Crippen LogP contribution >= 0.6 is 0 Å². The molecule has 3 heteroatoms. The van der Waals surface area contributed by atoms with E-state index in [-0.39, 0.29) is 11.8 Å². The van der Waals surface area contributed by atoms with Crippen molar-refractivity contribution in [3.63, 3.8) is 0 Å². The van der Waals surface area contributed by atoms with Crippen LogP contribution in [0.2, 0.25) is 0 Å². The van der Waals surface area contributed by atoms with E-state index in [1.807, 2.05) is 6.92 Å². The van der Waals surface area contributed by atoms with Crippen LogP contribution in [0.15, 0.2) is 0 Å². The molecule has 4 aliphatic rings. The number of rotatable bonds is 0. The highest BCUT2D eigenvalue weighted by atomic mass is 16.3. The largest absolute Gasteiger partial charge is 0.390 e. The van der Waals surface area contributed by atoms with E-state index in [1.54, 1.807) is 0 Å². The number of hydrogen-bond acceptors (Lipinski definition) is 3. The van der Waals surface area contributed by atoms with Crippen LogP contribution in [0.1, 0.15) is 39.5 Å². The third kappa shape index (κ3) is 1.02. The van der Waals surface area contributed by atoms with Crippen molar-refractivity contribution in [2.75, 3.05) is 0 Å². The number of aliphatic hydroxyl groups is 3. The first-order valence-corrected chi connectivity index (χ1v) is 6.94. The Hall–Kier alpha value is -0.120. The first kappa shape index (κ1) is 10.8. The lowest BCUT2D eigenvalue weighted by molar-refractivity contribution is -0.391. The van der Waals surface area contributed by atoms with Gasteiger partial charge < -0.3 is 15.3 Å². The van der Waals surface area contributed by atoms with Crippen LogP contribution in [-0.4, -0.2) is 32.1 Å². The van der Waals surface area contributed by atoms with E-state index in [4.69, 9.17) is 0 Å². The summed E-state index contributed by atoms with van der Waals surface area (Å²) in [4.78, 5) is 0. The van der Waals surface area contributed by atoms with E-state index < -0.39 is 16.8 Å². The molecule has 4 rings (SSSR count). The molecule has 0 heterocycles. The first-order chi connectivity index (χ1) is 7.77. The molecule has 4 fully saturated rings. The molecule has 0 radical (unpaired) electrons. The molecule has 0 saturated heterocycles. The maximum atomic E-state index is 10.8. The van der Waals surface area contributed by atoms with Gasteiger partial charge in [0, 0.05) is 6.42 Å². The van der Waals surface area contributed by atoms with Crippen molar-refractivity contribution in [3.8, 4) is 0 Å². The predicted octanol–water partition coefficient (Wildman–Crippen LogP) is 0.915. The Balaban J connectivity index is 1.76. The molecule has 0 amide bonds. The lowest BCUT2D eigenvalue weighted by Gasteiger charge is -2.79. The lowest BCUT2D eigenvalue weighted by Crippen LogP contribution is -2.84. The van der Waals surface area contributed by atoms with Crippen LogP contribution in [0.3, 0.4) is 0 Å². The minimum absolute atomic E-state index is 0.246. The fourth-order valence-corrected chi connectivity index (χ4v) is 6.06. The van der Waals surface area contributed by atoms with E-state index in [9.17, 15) is 15.3 Å². The standard InChI is InChI=1S/C14H22O3/c1-7-3-13(16)5-9-11(13)10-8(7)4-12(2,15)6-14(9,10)17/h7-11,15-17H,3-6H2,1-2H3. The summed E-state index contributed by atoms with van der Waals surface area (Å²) in [6.45, 7) is 4.03. The molecule has 17 heavy (non-hydrogen) atoms. The first-order valence-electron chi connectivity index (χ1n) is 6.94. The van der Waals surface area contributed by atoms with E-state index in [2.05, 4.69) is 6.92 Å². The smallest absolute Gasteiger partial charge is 0.0742 e. The molecule has 3 nitrogen and oxygen atoms in total. The molecule has 3 N–H and O–H groups in total. The van der Waals surface area contributed by atoms with Crippen LogP contribution in [0.25, 0.3) is 0 Å². The van der Waals surface area contributed by atoms with Gasteiger partial charge in [-0.2, -0.15) is 0 Å². The monoisotopic (exact) mass is 238 g/mol. The molecule has 0 bridgehead atoms. The van der Waals surface area contributed by atoms with Crippen LogP contribution in [-0.2, 0) is 0 Å². The molecule has 4 aliphatic carbocycles. The summed E-state index contributed by atoms with van der Waals surface area (Å²) < 4.78 is 0. The number of fused-ring (bicyclic) bond motifs is 1. The van der Waals surface area contributed by atoms with Gasteiger partial charge in [0.05, 0.1) is 16.8 Å². The van der Waals surface area contributed by atoms with Crippen molar-refractivity contribution in [1.29, 1.82) is 0 Å². The van der Waals surface area contributed by atoms with E-state index in [0.29, 0.717) is 24.2 Å². The van der Waals surface area contributed by atoms with Gasteiger partial charge in [-0.3, -0.25) is 0 Å². The minimum Gasteiger partial charge on any atom is -0.390 e. The summed E-state index contributed by atoms with van der Waals surface area (Å²) in [6.07, 6.45) is 2.91. The van der Waals surface area contributed by atoms with E-state index in [1.165, 1.54) is 0 Å². The SMILES string of the molecule is CC1CC2(O)CC3C2C2C1CC(C)(O)CC32O. The van der Waals surface area contributed by atoms with Crippen molar-refractivity contribution < 1.29 is 15.3 Å². The second-order valence-corrected chi connectivity index (χ2v) is 7.68. The predicted molar refractivity (Wildman–Crippen MR) is 62.1 cm³/mol. The van der Waals surface area contributed by atoms with Gasteiger partial charge in [-0.25, -0.2) is 0 Å². The second-order valence-electron chi connectivity index (χ2n) is 7.68. The Kier molecular flexibility index (Phi) is 1.64. The molecule has 8 unspecified atom stereocenters. The van der Waals surface area contributed by atoms with Gasteiger partial charge in [-0.15, -0.1) is 0 Å². The van der Waals surface area contributed by atoms with Gasteiger partial charge in [-0.05, 0) is 55.8 Å². The maximum Gasteiger partial charge on any atom is 0.0742 e. The van der Waals surface area contributed by atoms with Gasteiger partial charge in [0.15, 0.2) is 0 Å². The lowest BCUT2D eigenvalue weighted by atomic mass is 9.29. The Bertz CT molecular complexity index is 393. The zero-order valence-electron chi connectivity index (χ0n) is 10.6. The third-order valence-corrected chi connectivity index (χ3v) is 6.44. The summed E-state index contributed by atoms with van der Waals surface area (Å²) in [5.74, 6) is 1.63. The van der Waals surface area contributed by atoms with E-state index in [0.717, 1.165) is 19.3 Å². The average molecular weight is 238 g/mol.